The number of pyridine rings is 1. The average molecular weight is 266 g/mol. The van der Waals surface area contributed by atoms with Gasteiger partial charge in [0, 0.05) is 32.6 Å². The molecule has 7 nitrogen and oxygen atoms in total. The molecule has 0 saturated heterocycles. The molecule has 0 unspecified atom stereocenters. The van der Waals surface area contributed by atoms with Gasteiger partial charge in [-0.15, -0.1) is 0 Å². The van der Waals surface area contributed by atoms with Gasteiger partial charge in [0.2, 0.25) is 5.91 Å². The van der Waals surface area contributed by atoms with E-state index in [0.29, 0.717) is 24.5 Å². The van der Waals surface area contributed by atoms with Crippen LogP contribution >= 0.6 is 0 Å². The predicted molar refractivity (Wildman–Crippen MR) is 71.0 cm³/mol. The van der Waals surface area contributed by atoms with E-state index in [1.54, 1.807) is 19.2 Å². The lowest BCUT2D eigenvalue weighted by molar-refractivity contribution is -0.119. The van der Waals surface area contributed by atoms with Gasteiger partial charge < -0.3 is 20.7 Å². The Hall–Kier alpha value is -2.15. The Labute approximate surface area is 111 Å². The van der Waals surface area contributed by atoms with Crippen LogP contribution in [-0.4, -0.2) is 50.7 Å². The highest BCUT2D eigenvalue weighted by atomic mass is 16.5. The van der Waals surface area contributed by atoms with E-state index in [4.69, 9.17) is 4.74 Å². The van der Waals surface area contributed by atoms with Crippen LogP contribution in [0.1, 0.15) is 10.5 Å². The van der Waals surface area contributed by atoms with Crippen molar-refractivity contribution in [1.82, 2.24) is 15.6 Å². The summed E-state index contributed by atoms with van der Waals surface area (Å²) in [6.45, 7) is 1.07. The van der Waals surface area contributed by atoms with E-state index >= 15 is 0 Å². The molecular weight excluding hydrogens is 248 g/mol. The number of hydrogen-bond donors (Lipinski definition) is 3. The molecule has 0 aliphatic rings. The molecule has 0 radical (unpaired) electrons. The molecule has 0 aliphatic heterocycles. The molecule has 3 N–H and O–H groups in total. The number of anilines is 1. The minimum atomic E-state index is -0.270. The van der Waals surface area contributed by atoms with E-state index in [-0.39, 0.29) is 18.4 Å². The highest BCUT2D eigenvalue weighted by Gasteiger charge is 2.06. The third-order valence-electron chi connectivity index (χ3n) is 2.30. The summed E-state index contributed by atoms with van der Waals surface area (Å²) in [4.78, 5) is 26.8. The molecule has 1 rings (SSSR count). The summed E-state index contributed by atoms with van der Waals surface area (Å²) in [6.07, 6.45) is 1.51. The largest absolute Gasteiger partial charge is 0.383 e. The van der Waals surface area contributed by atoms with E-state index in [1.165, 1.54) is 13.2 Å². The number of rotatable bonds is 7. The van der Waals surface area contributed by atoms with Gasteiger partial charge in [-0.3, -0.25) is 14.6 Å². The molecule has 7 heteroatoms. The molecule has 19 heavy (non-hydrogen) atoms. The summed E-state index contributed by atoms with van der Waals surface area (Å²) in [6, 6.07) is 3.27. The van der Waals surface area contributed by atoms with Gasteiger partial charge in [-0.1, -0.05) is 0 Å². The monoisotopic (exact) mass is 266 g/mol. The van der Waals surface area contributed by atoms with Crippen molar-refractivity contribution in [3.63, 3.8) is 0 Å². The Kier molecular flexibility index (Phi) is 6.31. The maximum absolute atomic E-state index is 11.4. The lowest BCUT2D eigenvalue weighted by Crippen LogP contribution is -2.32. The summed E-state index contributed by atoms with van der Waals surface area (Å²) in [7, 11) is 3.11. The molecule has 0 saturated carbocycles. The van der Waals surface area contributed by atoms with Crippen molar-refractivity contribution in [2.24, 2.45) is 0 Å². The fraction of sp³-hybridized carbons (Fsp3) is 0.417. The van der Waals surface area contributed by atoms with Gasteiger partial charge in [-0.05, 0) is 12.1 Å². The molecular formula is C12H18N4O3. The number of ether oxygens (including phenoxy) is 1. The quantitative estimate of drug-likeness (QED) is 0.585. The minimum absolute atomic E-state index is 0.126. The van der Waals surface area contributed by atoms with Crippen LogP contribution in [0.3, 0.4) is 0 Å². The molecule has 0 bridgehead atoms. The molecule has 0 fully saturated rings. The predicted octanol–water partition coefficient (Wildman–Crippen LogP) is -0.384. The third kappa shape index (κ3) is 5.35. The smallest absolute Gasteiger partial charge is 0.269 e. The first kappa shape index (κ1) is 14.9. The first-order chi connectivity index (χ1) is 9.17. The fourth-order valence-electron chi connectivity index (χ4n) is 1.33. The van der Waals surface area contributed by atoms with Crippen LogP contribution < -0.4 is 16.0 Å². The highest BCUT2D eigenvalue weighted by molar-refractivity contribution is 5.93. The van der Waals surface area contributed by atoms with E-state index in [2.05, 4.69) is 20.9 Å². The maximum atomic E-state index is 11.4. The molecule has 0 aliphatic carbocycles. The van der Waals surface area contributed by atoms with Crippen molar-refractivity contribution in [1.29, 1.82) is 0 Å². The Balaban J connectivity index is 2.44. The van der Waals surface area contributed by atoms with E-state index in [9.17, 15) is 9.59 Å². The number of nitrogens with one attached hydrogen (secondary N) is 3. The van der Waals surface area contributed by atoms with Crippen LogP contribution in [0.2, 0.25) is 0 Å². The molecule has 2 amide bonds. The zero-order valence-electron chi connectivity index (χ0n) is 11.0. The molecule has 0 atom stereocenters. The Morgan fingerprint density at radius 3 is 2.89 bits per heavy atom. The fourth-order valence-corrected chi connectivity index (χ4v) is 1.33. The Morgan fingerprint density at radius 2 is 2.21 bits per heavy atom. The number of hydrogen-bond acceptors (Lipinski definition) is 5. The van der Waals surface area contributed by atoms with Gasteiger partial charge in [0.25, 0.3) is 5.91 Å². The topological polar surface area (TPSA) is 92.4 Å². The van der Waals surface area contributed by atoms with Crippen LogP contribution in [0.4, 0.5) is 5.69 Å². The van der Waals surface area contributed by atoms with Crippen LogP contribution in [0.5, 0.6) is 0 Å². The number of nitrogens with zero attached hydrogens (tertiary/aromatic N) is 1. The van der Waals surface area contributed by atoms with Gasteiger partial charge in [-0.25, -0.2) is 0 Å². The van der Waals surface area contributed by atoms with Gasteiger partial charge in [0.15, 0.2) is 0 Å². The summed E-state index contributed by atoms with van der Waals surface area (Å²) < 4.78 is 4.82. The molecule has 104 valence electrons. The first-order valence-electron chi connectivity index (χ1n) is 5.85. The van der Waals surface area contributed by atoms with Crippen molar-refractivity contribution >= 4 is 17.5 Å². The normalized spacial score (nSPS) is 9.79. The van der Waals surface area contributed by atoms with Gasteiger partial charge in [0.05, 0.1) is 13.2 Å². The lowest BCUT2D eigenvalue weighted by atomic mass is 10.3. The van der Waals surface area contributed by atoms with Crippen molar-refractivity contribution in [2.75, 3.05) is 39.2 Å². The van der Waals surface area contributed by atoms with Crippen LogP contribution in [0.15, 0.2) is 18.3 Å². The standard InChI is InChI=1S/C12H18N4O3/c1-13-12(18)10-7-9(3-4-14-10)16-8-11(17)15-5-6-19-2/h3-4,7H,5-6,8H2,1-2H3,(H,13,18)(H,14,16)(H,15,17). The number of amides is 2. The molecule has 1 aromatic rings. The van der Waals surface area contributed by atoms with Crippen molar-refractivity contribution < 1.29 is 14.3 Å². The van der Waals surface area contributed by atoms with E-state index < -0.39 is 0 Å². The van der Waals surface area contributed by atoms with E-state index in [1.807, 2.05) is 0 Å². The lowest BCUT2D eigenvalue weighted by Gasteiger charge is -2.08. The molecule has 0 aromatic carbocycles. The second kappa shape index (κ2) is 8.04. The van der Waals surface area contributed by atoms with Crippen LogP contribution in [-0.2, 0) is 9.53 Å². The summed E-state index contributed by atoms with van der Waals surface area (Å²) in [5, 5.41) is 8.08. The minimum Gasteiger partial charge on any atom is -0.383 e. The summed E-state index contributed by atoms with van der Waals surface area (Å²) in [5.74, 6) is -0.413. The zero-order chi connectivity index (χ0) is 14.1. The van der Waals surface area contributed by atoms with Gasteiger partial charge in [0.1, 0.15) is 5.69 Å². The number of methoxy groups -OCH3 is 1. The number of carbonyl (C=O) groups excluding carboxylic acids is 2. The Morgan fingerprint density at radius 1 is 1.42 bits per heavy atom. The van der Waals surface area contributed by atoms with Crippen molar-refractivity contribution in [3.05, 3.63) is 24.0 Å². The van der Waals surface area contributed by atoms with Crippen LogP contribution in [0.25, 0.3) is 0 Å². The Bertz CT molecular complexity index is 437. The summed E-state index contributed by atoms with van der Waals surface area (Å²) in [5.41, 5.74) is 0.961. The zero-order valence-corrected chi connectivity index (χ0v) is 11.0. The second-order valence-electron chi connectivity index (χ2n) is 3.71. The van der Waals surface area contributed by atoms with Gasteiger partial charge in [-0.2, -0.15) is 0 Å². The third-order valence-corrected chi connectivity index (χ3v) is 2.30. The highest BCUT2D eigenvalue weighted by Crippen LogP contribution is 2.07. The second-order valence-corrected chi connectivity index (χ2v) is 3.71. The molecule has 1 heterocycles. The average Bonchev–Trinajstić information content (AvgIpc) is 2.45. The van der Waals surface area contributed by atoms with Gasteiger partial charge >= 0.3 is 0 Å². The number of aromatic nitrogens is 1. The van der Waals surface area contributed by atoms with E-state index in [0.717, 1.165) is 0 Å². The first-order valence-corrected chi connectivity index (χ1v) is 5.85. The summed E-state index contributed by atoms with van der Waals surface area (Å²) >= 11 is 0. The van der Waals surface area contributed by atoms with Crippen LogP contribution in [0, 0.1) is 0 Å². The molecule has 0 spiro atoms. The van der Waals surface area contributed by atoms with Crippen molar-refractivity contribution in [2.45, 2.75) is 0 Å². The molecule has 1 aromatic heterocycles. The SMILES string of the molecule is CNC(=O)c1cc(NCC(=O)NCCOC)ccn1. The maximum Gasteiger partial charge on any atom is 0.269 e. The van der Waals surface area contributed by atoms with Crippen molar-refractivity contribution in [3.8, 4) is 0 Å². The number of carbonyl (C=O) groups is 2.